The maximum absolute atomic E-state index is 12.5. The van der Waals surface area contributed by atoms with Crippen molar-refractivity contribution in [3.8, 4) is 0 Å². The second-order valence-corrected chi connectivity index (χ2v) is 7.83. The fraction of sp³-hybridized carbons (Fsp3) is 0.800. The van der Waals surface area contributed by atoms with Gasteiger partial charge in [0.25, 0.3) is 5.91 Å². The Morgan fingerprint density at radius 2 is 2.09 bits per heavy atom. The molecule has 6 nitrogen and oxygen atoms in total. The van der Waals surface area contributed by atoms with Gasteiger partial charge >= 0.3 is 0 Å². The average Bonchev–Trinajstić information content (AvgIpc) is 3.09. The van der Waals surface area contributed by atoms with E-state index in [1.165, 1.54) is 12.8 Å². The van der Waals surface area contributed by atoms with Gasteiger partial charge < -0.3 is 14.6 Å². The summed E-state index contributed by atoms with van der Waals surface area (Å²) in [4.78, 5) is 14.4. The molecule has 0 bridgehead atoms. The summed E-state index contributed by atoms with van der Waals surface area (Å²) in [6.45, 7) is 1.43. The Labute approximate surface area is 134 Å². The summed E-state index contributed by atoms with van der Waals surface area (Å²) >= 11 is 1.66. The van der Waals surface area contributed by atoms with E-state index in [0.29, 0.717) is 37.2 Å². The van der Waals surface area contributed by atoms with Crippen molar-refractivity contribution in [1.29, 1.82) is 0 Å². The molecule has 3 aliphatic rings. The highest BCUT2D eigenvalue weighted by molar-refractivity contribution is 7.99. The van der Waals surface area contributed by atoms with Gasteiger partial charge in [0.05, 0.1) is 0 Å². The van der Waals surface area contributed by atoms with Crippen LogP contribution in [0.15, 0.2) is 6.33 Å². The van der Waals surface area contributed by atoms with Gasteiger partial charge in [-0.1, -0.05) is 0 Å². The van der Waals surface area contributed by atoms with Gasteiger partial charge in [-0.15, -0.1) is 10.2 Å². The van der Waals surface area contributed by atoms with Crippen LogP contribution in [0, 0.1) is 0 Å². The van der Waals surface area contributed by atoms with Gasteiger partial charge in [-0.05, 0) is 37.9 Å². The number of piperidine rings is 1. The fourth-order valence-corrected chi connectivity index (χ4v) is 4.77. The highest BCUT2D eigenvalue weighted by Crippen LogP contribution is 2.39. The van der Waals surface area contributed by atoms with Crippen molar-refractivity contribution in [2.75, 3.05) is 24.6 Å². The van der Waals surface area contributed by atoms with Crippen LogP contribution in [0.1, 0.15) is 49.9 Å². The molecule has 120 valence electrons. The van der Waals surface area contributed by atoms with E-state index in [0.717, 1.165) is 24.4 Å². The van der Waals surface area contributed by atoms with Crippen LogP contribution in [-0.4, -0.2) is 60.9 Å². The van der Waals surface area contributed by atoms with E-state index >= 15 is 0 Å². The third-order valence-electron chi connectivity index (χ3n) is 5.09. The zero-order valence-electron chi connectivity index (χ0n) is 12.6. The highest BCUT2D eigenvalue weighted by atomic mass is 32.2. The van der Waals surface area contributed by atoms with E-state index in [-0.39, 0.29) is 5.91 Å². The van der Waals surface area contributed by atoms with Crippen molar-refractivity contribution in [3.63, 3.8) is 0 Å². The van der Waals surface area contributed by atoms with Crippen molar-refractivity contribution >= 4 is 17.7 Å². The number of aliphatic hydroxyl groups is 1. The fourth-order valence-electron chi connectivity index (χ4n) is 3.54. The van der Waals surface area contributed by atoms with Gasteiger partial charge in [-0.3, -0.25) is 4.79 Å². The summed E-state index contributed by atoms with van der Waals surface area (Å²) in [5.41, 5.74) is -1.12. The highest BCUT2D eigenvalue weighted by Gasteiger charge is 2.43. The molecule has 4 rings (SSSR count). The Bertz CT molecular complexity index is 558. The Morgan fingerprint density at radius 3 is 2.73 bits per heavy atom. The summed E-state index contributed by atoms with van der Waals surface area (Å²) in [7, 11) is 0. The maximum atomic E-state index is 12.5. The molecule has 1 aromatic heterocycles. The number of carbonyl (C=O) groups excluding carboxylic acids is 1. The molecule has 1 atom stereocenters. The lowest BCUT2D eigenvalue weighted by molar-refractivity contribution is -0.149. The van der Waals surface area contributed by atoms with Crippen LogP contribution >= 0.6 is 11.8 Å². The number of hydrogen-bond acceptors (Lipinski definition) is 5. The first kappa shape index (κ1) is 14.5. The van der Waals surface area contributed by atoms with Crippen molar-refractivity contribution in [3.05, 3.63) is 12.2 Å². The Balaban J connectivity index is 1.40. The summed E-state index contributed by atoms with van der Waals surface area (Å²) < 4.78 is 2.23. The zero-order valence-corrected chi connectivity index (χ0v) is 13.5. The van der Waals surface area contributed by atoms with Crippen LogP contribution in [0.4, 0.5) is 0 Å². The minimum absolute atomic E-state index is 0.0698. The number of nitrogens with zero attached hydrogens (tertiary/aromatic N) is 4. The Morgan fingerprint density at radius 1 is 1.32 bits per heavy atom. The quantitative estimate of drug-likeness (QED) is 0.905. The van der Waals surface area contributed by atoms with Gasteiger partial charge in [-0.2, -0.15) is 11.8 Å². The number of aromatic nitrogens is 3. The molecule has 3 heterocycles. The van der Waals surface area contributed by atoms with Gasteiger partial charge in [-0.25, -0.2) is 0 Å². The molecule has 1 unspecified atom stereocenters. The average molecular weight is 322 g/mol. The van der Waals surface area contributed by atoms with Crippen molar-refractivity contribution in [2.45, 2.75) is 49.7 Å². The number of thioether (sulfide) groups is 1. The normalized spacial score (nSPS) is 30.0. The maximum Gasteiger partial charge on any atom is 0.255 e. The largest absolute Gasteiger partial charge is 0.379 e. The predicted octanol–water partition coefficient (Wildman–Crippen LogP) is 1.19. The molecule has 0 radical (unpaired) electrons. The van der Waals surface area contributed by atoms with Gasteiger partial charge in [0.2, 0.25) is 0 Å². The number of likely N-dealkylation sites (tertiary alicyclic amines) is 1. The van der Waals surface area contributed by atoms with E-state index in [1.54, 1.807) is 11.8 Å². The van der Waals surface area contributed by atoms with Crippen LogP contribution < -0.4 is 0 Å². The molecular weight excluding hydrogens is 300 g/mol. The second kappa shape index (κ2) is 5.53. The van der Waals surface area contributed by atoms with Crippen LogP contribution in [0.2, 0.25) is 0 Å². The summed E-state index contributed by atoms with van der Waals surface area (Å²) in [6.07, 6.45) is 6.73. The molecule has 0 aromatic carbocycles. The molecule has 2 aliphatic heterocycles. The zero-order chi connectivity index (χ0) is 15.2. The molecule has 1 aliphatic carbocycles. The Kier molecular flexibility index (Phi) is 3.64. The van der Waals surface area contributed by atoms with E-state index in [2.05, 4.69) is 14.8 Å². The molecule has 1 N–H and O–H groups in total. The minimum atomic E-state index is -1.12. The van der Waals surface area contributed by atoms with E-state index in [9.17, 15) is 9.90 Å². The van der Waals surface area contributed by atoms with Crippen molar-refractivity contribution in [2.24, 2.45) is 0 Å². The topological polar surface area (TPSA) is 71.2 Å². The van der Waals surface area contributed by atoms with Crippen molar-refractivity contribution in [1.82, 2.24) is 19.7 Å². The minimum Gasteiger partial charge on any atom is -0.379 e. The predicted molar refractivity (Wildman–Crippen MR) is 83.7 cm³/mol. The molecule has 1 amide bonds. The lowest BCUT2D eigenvalue weighted by atomic mass is 9.93. The summed E-state index contributed by atoms with van der Waals surface area (Å²) in [6, 6.07) is 0.598. The van der Waals surface area contributed by atoms with Crippen LogP contribution in [0.3, 0.4) is 0 Å². The molecule has 3 fully saturated rings. The smallest absolute Gasteiger partial charge is 0.255 e. The molecule has 22 heavy (non-hydrogen) atoms. The number of rotatable bonds is 3. The monoisotopic (exact) mass is 322 g/mol. The summed E-state index contributed by atoms with van der Waals surface area (Å²) in [5.74, 6) is 2.83. The molecule has 1 saturated carbocycles. The first-order chi connectivity index (χ1) is 10.7. The molecule has 2 saturated heterocycles. The standard InChI is InChI=1S/C15H22N4O2S/c20-14(15(21)5-8-22-9-15)18-6-3-11(4-7-18)13-17-16-10-19(13)12-1-2-12/h10-12,21H,1-9H2. The number of hydrogen-bond donors (Lipinski definition) is 1. The molecule has 1 aromatic rings. The molecule has 7 heteroatoms. The third kappa shape index (κ3) is 2.54. The lowest BCUT2D eigenvalue weighted by Crippen LogP contribution is -2.51. The first-order valence-electron chi connectivity index (χ1n) is 8.16. The van der Waals surface area contributed by atoms with E-state index < -0.39 is 5.60 Å². The lowest BCUT2D eigenvalue weighted by Gasteiger charge is -2.35. The third-order valence-corrected chi connectivity index (χ3v) is 6.26. The summed E-state index contributed by atoms with van der Waals surface area (Å²) in [5, 5.41) is 18.8. The first-order valence-corrected chi connectivity index (χ1v) is 9.32. The van der Waals surface area contributed by atoms with E-state index in [4.69, 9.17) is 0 Å². The SMILES string of the molecule is O=C(N1CCC(c2nncn2C2CC2)CC1)C1(O)CCSC1. The molecular formula is C15H22N4O2S. The van der Waals surface area contributed by atoms with Gasteiger partial charge in [0, 0.05) is 30.8 Å². The van der Waals surface area contributed by atoms with Crippen LogP contribution in [0.5, 0.6) is 0 Å². The number of amides is 1. The van der Waals surface area contributed by atoms with E-state index in [1.807, 2.05) is 11.2 Å². The molecule has 0 spiro atoms. The Hall–Kier alpha value is -1.08. The van der Waals surface area contributed by atoms with Crippen LogP contribution in [-0.2, 0) is 4.79 Å². The second-order valence-electron chi connectivity index (χ2n) is 6.73. The van der Waals surface area contributed by atoms with Crippen LogP contribution in [0.25, 0.3) is 0 Å². The van der Waals surface area contributed by atoms with Gasteiger partial charge in [0.1, 0.15) is 12.2 Å². The number of carbonyl (C=O) groups is 1. The van der Waals surface area contributed by atoms with Gasteiger partial charge in [0.15, 0.2) is 5.60 Å². The van der Waals surface area contributed by atoms with Crippen molar-refractivity contribution < 1.29 is 9.90 Å².